The van der Waals surface area contributed by atoms with Crippen molar-refractivity contribution in [2.24, 2.45) is 10.9 Å². The minimum Gasteiger partial charge on any atom is -0.355 e. The Morgan fingerprint density at radius 2 is 1.88 bits per heavy atom. The highest BCUT2D eigenvalue weighted by atomic mass is 127. The van der Waals surface area contributed by atoms with Crippen LogP contribution in [0.4, 0.5) is 0 Å². The van der Waals surface area contributed by atoms with Gasteiger partial charge in [-0.05, 0) is 32.1 Å². The van der Waals surface area contributed by atoms with Gasteiger partial charge in [0.05, 0.1) is 0 Å². The SMILES string of the molecule is CCS(=O)C1CCCC(NC(=NC)NCCNC(=O)C2CC2)C1.I. The fourth-order valence-corrected chi connectivity index (χ4v) is 4.34. The molecule has 0 aromatic rings. The van der Waals surface area contributed by atoms with Gasteiger partial charge in [-0.3, -0.25) is 14.0 Å². The van der Waals surface area contributed by atoms with E-state index in [0.717, 1.165) is 50.2 Å². The van der Waals surface area contributed by atoms with Crippen LogP contribution in [0.3, 0.4) is 0 Å². The molecule has 3 atom stereocenters. The molecule has 0 bridgehead atoms. The standard InChI is InChI=1S/C16H30N4O2S.HI/c1-3-23(22)14-6-4-5-13(11-14)20-16(17-2)19-10-9-18-15(21)12-7-8-12;/h12-14H,3-11H2,1-2H3,(H,18,21)(H2,17,19,20);1H. The predicted octanol–water partition coefficient (Wildman–Crippen LogP) is 1.38. The van der Waals surface area contributed by atoms with Crippen LogP contribution < -0.4 is 16.0 Å². The molecule has 2 fully saturated rings. The van der Waals surface area contributed by atoms with E-state index < -0.39 is 10.8 Å². The Labute approximate surface area is 164 Å². The third-order valence-corrected chi connectivity index (χ3v) is 6.25. The number of rotatable bonds is 7. The average molecular weight is 470 g/mol. The normalized spacial score (nSPS) is 25.3. The van der Waals surface area contributed by atoms with Crippen LogP contribution in [0.5, 0.6) is 0 Å². The van der Waals surface area contributed by atoms with E-state index in [4.69, 9.17) is 0 Å². The molecule has 2 aliphatic carbocycles. The minimum atomic E-state index is -0.709. The summed E-state index contributed by atoms with van der Waals surface area (Å²) in [4.78, 5) is 15.8. The van der Waals surface area contributed by atoms with Gasteiger partial charge in [0, 0.05) is 53.9 Å². The van der Waals surface area contributed by atoms with E-state index in [9.17, 15) is 9.00 Å². The zero-order chi connectivity index (χ0) is 16.7. The van der Waals surface area contributed by atoms with Crippen LogP contribution in [0.25, 0.3) is 0 Å². The monoisotopic (exact) mass is 470 g/mol. The molecular formula is C16H31IN4O2S. The molecule has 2 rings (SSSR count). The number of carbonyl (C=O) groups is 1. The molecule has 0 aromatic heterocycles. The van der Waals surface area contributed by atoms with Crippen LogP contribution in [0.15, 0.2) is 4.99 Å². The van der Waals surface area contributed by atoms with Crippen molar-refractivity contribution >= 4 is 46.6 Å². The van der Waals surface area contributed by atoms with Gasteiger partial charge in [-0.2, -0.15) is 0 Å². The Bertz CT molecular complexity index is 457. The smallest absolute Gasteiger partial charge is 0.223 e. The molecule has 0 aliphatic heterocycles. The number of nitrogens with one attached hydrogen (secondary N) is 3. The van der Waals surface area contributed by atoms with Gasteiger partial charge >= 0.3 is 0 Å². The quantitative estimate of drug-likeness (QED) is 0.227. The average Bonchev–Trinajstić information content (AvgIpc) is 3.42. The van der Waals surface area contributed by atoms with E-state index >= 15 is 0 Å². The summed E-state index contributed by atoms with van der Waals surface area (Å²) in [5.41, 5.74) is 0. The van der Waals surface area contributed by atoms with E-state index in [1.165, 1.54) is 0 Å². The van der Waals surface area contributed by atoms with Gasteiger partial charge in [0.1, 0.15) is 0 Å². The molecule has 2 saturated carbocycles. The number of halogens is 1. The third kappa shape index (κ3) is 7.25. The molecule has 140 valence electrons. The molecule has 24 heavy (non-hydrogen) atoms. The Morgan fingerprint density at radius 1 is 1.17 bits per heavy atom. The van der Waals surface area contributed by atoms with Crippen molar-refractivity contribution in [1.82, 2.24) is 16.0 Å². The van der Waals surface area contributed by atoms with Crippen LogP contribution in [-0.2, 0) is 15.6 Å². The summed E-state index contributed by atoms with van der Waals surface area (Å²) in [6.45, 7) is 3.27. The van der Waals surface area contributed by atoms with Crippen molar-refractivity contribution in [3.63, 3.8) is 0 Å². The fourth-order valence-electron chi connectivity index (χ4n) is 2.99. The molecule has 8 heteroatoms. The Hall–Kier alpha value is -0.380. The van der Waals surface area contributed by atoms with Crippen molar-refractivity contribution in [2.45, 2.75) is 56.7 Å². The molecule has 0 spiro atoms. The summed E-state index contributed by atoms with van der Waals surface area (Å²) < 4.78 is 12.0. The van der Waals surface area contributed by atoms with Crippen LogP contribution in [0.2, 0.25) is 0 Å². The van der Waals surface area contributed by atoms with Crippen molar-refractivity contribution in [1.29, 1.82) is 0 Å². The summed E-state index contributed by atoms with van der Waals surface area (Å²) in [6, 6.07) is 0.330. The zero-order valence-electron chi connectivity index (χ0n) is 14.7. The van der Waals surface area contributed by atoms with Crippen LogP contribution in [-0.4, -0.2) is 53.3 Å². The maximum atomic E-state index is 12.0. The Balaban J connectivity index is 0.00000288. The number of guanidine groups is 1. The van der Waals surface area contributed by atoms with Gasteiger partial charge in [0.25, 0.3) is 0 Å². The number of amides is 1. The Morgan fingerprint density at radius 3 is 2.50 bits per heavy atom. The fraction of sp³-hybridized carbons (Fsp3) is 0.875. The molecule has 3 N–H and O–H groups in total. The second kappa shape index (κ2) is 11.3. The minimum absolute atomic E-state index is 0. The summed E-state index contributed by atoms with van der Waals surface area (Å²) in [5, 5.41) is 9.91. The van der Waals surface area contributed by atoms with Gasteiger partial charge < -0.3 is 16.0 Å². The molecule has 2 aliphatic rings. The second-order valence-corrected chi connectivity index (χ2v) is 8.37. The molecule has 0 radical (unpaired) electrons. The summed E-state index contributed by atoms with van der Waals surface area (Å²) in [5.74, 6) is 1.93. The van der Waals surface area contributed by atoms with E-state index in [1.54, 1.807) is 7.05 Å². The molecule has 6 nitrogen and oxygen atoms in total. The molecule has 0 saturated heterocycles. The number of aliphatic imine (C=N–C) groups is 1. The van der Waals surface area contributed by atoms with E-state index in [-0.39, 0.29) is 35.8 Å². The lowest BCUT2D eigenvalue weighted by Gasteiger charge is -2.30. The van der Waals surface area contributed by atoms with Crippen molar-refractivity contribution in [3.05, 3.63) is 0 Å². The zero-order valence-corrected chi connectivity index (χ0v) is 17.8. The lowest BCUT2D eigenvalue weighted by atomic mass is 9.95. The number of hydrogen-bond donors (Lipinski definition) is 3. The number of carbonyl (C=O) groups excluding carboxylic acids is 1. The van der Waals surface area contributed by atoms with Gasteiger partial charge in [0.2, 0.25) is 5.91 Å². The summed E-state index contributed by atoms with van der Waals surface area (Å²) in [6.07, 6.45) is 6.28. The van der Waals surface area contributed by atoms with E-state index in [1.807, 2.05) is 6.92 Å². The topological polar surface area (TPSA) is 82.6 Å². The molecule has 0 heterocycles. The lowest BCUT2D eigenvalue weighted by Crippen LogP contribution is -2.48. The largest absolute Gasteiger partial charge is 0.355 e. The van der Waals surface area contributed by atoms with Gasteiger partial charge in [0.15, 0.2) is 5.96 Å². The number of hydrogen-bond acceptors (Lipinski definition) is 3. The van der Waals surface area contributed by atoms with Gasteiger partial charge in [-0.1, -0.05) is 13.3 Å². The van der Waals surface area contributed by atoms with Crippen molar-refractivity contribution in [2.75, 3.05) is 25.9 Å². The first-order valence-electron chi connectivity index (χ1n) is 8.76. The first-order valence-corrected chi connectivity index (χ1v) is 10.1. The summed E-state index contributed by atoms with van der Waals surface area (Å²) >= 11 is 0. The highest BCUT2D eigenvalue weighted by Gasteiger charge is 2.29. The first kappa shape index (κ1) is 21.7. The number of nitrogens with zero attached hydrogens (tertiary/aromatic N) is 1. The molecule has 1 amide bonds. The molecule has 0 aromatic carbocycles. The molecular weight excluding hydrogens is 439 g/mol. The van der Waals surface area contributed by atoms with Crippen LogP contribution >= 0.6 is 24.0 Å². The second-order valence-electron chi connectivity index (χ2n) is 6.36. The van der Waals surface area contributed by atoms with Crippen molar-refractivity contribution < 1.29 is 9.00 Å². The van der Waals surface area contributed by atoms with Crippen LogP contribution in [0.1, 0.15) is 45.4 Å². The maximum absolute atomic E-state index is 12.0. The summed E-state index contributed by atoms with van der Waals surface area (Å²) in [7, 11) is 1.04. The maximum Gasteiger partial charge on any atom is 0.223 e. The van der Waals surface area contributed by atoms with Crippen molar-refractivity contribution in [3.8, 4) is 0 Å². The third-order valence-electron chi connectivity index (χ3n) is 4.51. The van der Waals surface area contributed by atoms with E-state index in [0.29, 0.717) is 24.4 Å². The van der Waals surface area contributed by atoms with Crippen LogP contribution in [0, 0.1) is 5.92 Å². The van der Waals surface area contributed by atoms with Gasteiger partial charge in [-0.25, -0.2) is 0 Å². The van der Waals surface area contributed by atoms with Gasteiger partial charge in [-0.15, -0.1) is 24.0 Å². The first-order chi connectivity index (χ1) is 11.1. The highest BCUT2D eigenvalue weighted by Crippen LogP contribution is 2.28. The highest BCUT2D eigenvalue weighted by molar-refractivity contribution is 14.0. The lowest BCUT2D eigenvalue weighted by molar-refractivity contribution is -0.122. The van der Waals surface area contributed by atoms with E-state index in [2.05, 4.69) is 20.9 Å². The Kier molecular flexibility index (Phi) is 10.2. The molecule has 3 unspecified atom stereocenters. The predicted molar refractivity (Wildman–Crippen MR) is 110 cm³/mol.